The zero-order valence-corrected chi connectivity index (χ0v) is 16.3. The molecule has 5 rings (SSSR count). The second-order valence-electron chi connectivity index (χ2n) is 7.35. The minimum absolute atomic E-state index is 0.0368. The van der Waals surface area contributed by atoms with Crippen LogP contribution >= 0.6 is 11.3 Å². The Balaban J connectivity index is 1.59. The van der Waals surface area contributed by atoms with E-state index in [1.807, 2.05) is 0 Å². The molecule has 9 heteroatoms. The van der Waals surface area contributed by atoms with Crippen LogP contribution < -0.4 is 5.56 Å². The van der Waals surface area contributed by atoms with Gasteiger partial charge >= 0.3 is 0 Å². The molecule has 1 N–H and O–H groups in total. The highest BCUT2D eigenvalue weighted by molar-refractivity contribution is 7.18. The maximum atomic E-state index is 13.4. The van der Waals surface area contributed by atoms with Crippen molar-refractivity contribution in [3.63, 3.8) is 0 Å². The molecule has 0 aliphatic heterocycles. The van der Waals surface area contributed by atoms with Gasteiger partial charge in [0, 0.05) is 4.88 Å². The van der Waals surface area contributed by atoms with Crippen molar-refractivity contribution in [1.29, 1.82) is 0 Å². The molecule has 0 saturated carbocycles. The molecule has 3 aromatic heterocycles. The molecule has 1 atom stereocenters. The van der Waals surface area contributed by atoms with Crippen LogP contribution in [0.4, 0.5) is 4.39 Å². The van der Waals surface area contributed by atoms with E-state index in [0.29, 0.717) is 10.9 Å². The van der Waals surface area contributed by atoms with Crippen LogP contribution in [0.15, 0.2) is 48.0 Å². The number of halogens is 1. The molecule has 29 heavy (non-hydrogen) atoms. The summed E-state index contributed by atoms with van der Waals surface area (Å²) in [5.74, 6) is -0.397. The number of fused-ring (bicyclic) bond motifs is 3. The zero-order chi connectivity index (χ0) is 20.0. The lowest BCUT2D eigenvalue weighted by atomic mass is 9.93. The first-order valence-corrected chi connectivity index (χ1v) is 10.2. The number of aromatic nitrogens is 5. The molecule has 4 aromatic rings. The monoisotopic (exact) mass is 411 g/mol. The number of hydrogen-bond acceptors (Lipinski definition) is 6. The predicted octanol–water partition coefficient (Wildman–Crippen LogP) is 2.27. The van der Waals surface area contributed by atoms with E-state index in [1.165, 1.54) is 57.4 Å². The minimum atomic E-state index is -1.50. The summed E-state index contributed by atoms with van der Waals surface area (Å²) in [6.45, 7) is 0.0236. The molecular formula is C20H18FN5O2S. The summed E-state index contributed by atoms with van der Waals surface area (Å²) >= 11 is 1.58. The molecule has 1 aromatic carbocycles. The van der Waals surface area contributed by atoms with E-state index in [4.69, 9.17) is 0 Å². The number of aryl methyl sites for hydroxylation is 2. The van der Waals surface area contributed by atoms with Crippen LogP contribution in [0.25, 0.3) is 10.2 Å². The van der Waals surface area contributed by atoms with Crippen molar-refractivity contribution in [2.45, 2.75) is 38.0 Å². The SMILES string of the molecule is O=c1c2c3c(sc2ncn1CC(O)(Cn1cncn1)c1ccc(F)cc1)CCC3. The summed E-state index contributed by atoms with van der Waals surface area (Å²) in [6, 6.07) is 5.62. The standard InChI is InChI=1S/C20H18FN5O2S/c21-14-6-4-13(5-7-14)20(28,9-26-11-22-10-24-26)8-25-12-23-18-17(19(25)27)15-2-1-3-16(15)29-18/h4-7,10-12,28H,1-3,8-9H2. The van der Waals surface area contributed by atoms with E-state index in [1.54, 1.807) is 11.3 Å². The van der Waals surface area contributed by atoms with Gasteiger partial charge in [-0.3, -0.25) is 9.36 Å². The van der Waals surface area contributed by atoms with Gasteiger partial charge in [0.05, 0.1) is 24.8 Å². The van der Waals surface area contributed by atoms with E-state index in [2.05, 4.69) is 15.1 Å². The van der Waals surface area contributed by atoms with Crippen molar-refractivity contribution in [1.82, 2.24) is 24.3 Å². The number of thiophene rings is 1. The minimum Gasteiger partial charge on any atom is -0.381 e. The molecule has 148 valence electrons. The molecule has 0 bridgehead atoms. The second-order valence-corrected chi connectivity index (χ2v) is 8.43. The van der Waals surface area contributed by atoms with E-state index in [-0.39, 0.29) is 18.6 Å². The van der Waals surface area contributed by atoms with Crippen molar-refractivity contribution in [3.05, 3.63) is 75.4 Å². The second kappa shape index (κ2) is 6.85. The van der Waals surface area contributed by atoms with Gasteiger partial charge in [-0.05, 0) is 42.5 Å². The first kappa shape index (κ1) is 18.1. The average Bonchev–Trinajstić information content (AvgIpc) is 3.42. The third kappa shape index (κ3) is 3.16. The highest BCUT2D eigenvalue weighted by atomic mass is 32.1. The van der Waals surface area contributed by atoms with E-state index < -0.39 is 11.4 Å². The highest BCUT2D eigenvalue weighted by Gasteiger charge is 2.32. The van der Waals surface area contributed by atoms with Crippen LogP contribution in [0.5, 0.6) is 0 Å². The van der Waals surface area contributed by atoms with Gasteiger partial charge in [-0.2, -0.15) is 5.10 Å². The van der Waals surface area contributed by atoms with Gasteiger partial charge in [0.2, 0.25) is 0 Å². The van der Waals surface area contributed by atoms with Crippen LogP contribution in [0.2, 0.25) is 0 Å². The first-order chi connectivity index (χ1) is 14.0. The Labute approximate surface area is 169 Å². The Morgan fingerprint density at radius 3 is 2.76 bits per heavy atom. The Morgan fingerprint density at radius 1 is 1.17 bits per heavy atom. The quantitative estimate of drug-likeness (QED) is 0.545. The molecule has 0 fully saturated rings. The van der Waals surface area contributed by atoms with Crippen molar-refractivity contribution < 1.29 is 9.50 Å². The summed E-state index contributed by atoms with van der Waals surface area (Å²) in [6.07, 6.45) is 7.27. The van der Waals surface area contributed by atoms with Crippen LogP contribution in [0.1, 0.15) is 22.4 Å². The van der Waals surface area contributed by atoms with Crippen molar-refractivity contribution in [3.8, 4) is 0 Å². The lowest BCUT2D eigenvalue weighted by molar-refractivity contribution is -0.00328. The Bertz CT molecular complexity index is 1230. The Hall–Kier alpha value is -2.91. The smallest absolute Gasteiger partial charge is 0.262 e. The molecule has 1 unspecified atom stereocenters. The topological polar surface area (TPSA) is 85.8 Å². The molecule has 3 heterocycles. The van der Waals surface area contributed by atoms with Crippen molar-refractivity contribution >= 4 is 21.6 Å². The number of benzene rings is 1. The zero-order valence-electron chi connectivity index (χ0n) is 15.5. The molecule has 1 aliphatic rings. The molecule has 0 saturated heterocycles. The summed E-state index contributed by atoms with van der Waals surface area (Å²) in [7, 11) is 0. The van der Waals surface area contributed by atoms with Gasteiger partial charge in [-0.25, -0.2) is 19.0 Å². The summed E-state index contributed by atoms with van der Waals surface area (Å²) in [5.41, 5.74) is -0.0799. The predicted molar refractivity (Wildman–Crippen MR) is 106 cm³/mol. The number of hydrogen-bond donors (Lipinski definition) is 1. The number of nitrogens with zero attached hydrogens (tertiary/aromatic N) is 5. The fraction of sp³-hybridized carbons (Fsp3) is 0.300. The van der Waals surface area contributed by atoms with Crippen molar-refractivity contribution in [2.75, 3.05) is 0 Å². The van der Waals surface area contributed by atoms with E-state index in [9.17, 15) is 14.3 Å². The Kier molecular flexibility index (Phi) is 4.29. The third-order valence-electron chi connectivity index (χ3n) is 5.40. The van der Waals surface area contributed by atoms with Gasteiger partial charge in [0.15, 0.2) is 0 Å². The van der Waals surface area contributed by atoms with E-state index >= 15 is 0 Å². The fourth-order valence-electron chi connectivity index (χ4n) is 3.99. The summed E-state index contributed by atoms with van der Waals surface area (Å²) in [5, 5.41) is 16.3. The third-order valence-corrected chi connectivity index (χ3v) is 6.60. The van der Waals surface area contributed by atoms with E-state index in [0.717, 1.165) is 29.7 Å². The summed E-state index contributed by atoms with van der Waals surface area (Å²) in [4.78, 5) is 23.6. The maximum Gasteiger partial charge on any atom is 0.262 e. The largest absolute Gasteiger partial charge is 0.381 e. The molecule has 1 aliphatic carbocycles. The molecular weight excluding hydrogens is 393 g/mol. The number of aliphatic hydroxyl groups is 1. The van der Waals surface area contributed by atoms with Gasteiger partial charge in [0.1, 0.15) is 28.9 Å². The van der Waals surface area contributed by atoms with Crippen LogP contribution in [-0.2, 0) is 31.5 Å². The summed E-state index contributed by atoms with van der Waals surface area (Å²) < 4.78 is 16.4. The molecule has 0 spiro atoms. The fourth-order valence-corrected chi connectivity index (χ4v) is 5.21. The van der Waals surface area contributed by atoms with Gasteiger partial charge < -0.3 is 5.11 Å². The Morgan fingerprint density at radius 2 is 2.00 bits per heavy atom. The van der Waals surface area contributed by atoms with Gasteiger partial charge in [0.25, 0.3) is 5.56 Å². The first-order valence-electron chi connectivity index (χ1n) is 9.34. The van der Waals surface area contributed by atoms with Crippen LogP contribution in [-0.4, -0.2) is 29.4 Å². The lowest BCUT2D eigenvalue weighted by Gasteiger charge is -2.29. The normalized spacial score (nSPS) is 15.5. The highest BCUT2D eigenvalue weighted by Crippen LogP contribution is 2.34. The van der Waals surface area contributed by atoms with Gasteiger partial charge in [-0.1, -0.05) is 12.1 Å². The molecule has 0 amide bonds. The van der Waals surface area contributed by atoms with Gasteiger partial charge in [-0.15, -0.1) is 11.3 Å². The van der Waals surface area contributed by atoms with Crippen molar-refractivity contribution in [2.24, 2.45) is 0 Å². The maximum absolute atomic E-state index is 13.4. The molecule has 0 radical (unpaired) electrons. The average molecular weight is 411 g/mol. The molecule has 7 nitrogen and oxygen atoms in total. The lowest BCUT2D eigenvalue weighted by Crippen LogP contribution is -2.39. The van der Waals surface area contributed by atoms with Crippen LogP contribution in [0.3, 0.4) is 0 Å². The number of rotatable bonds is 5. The van der Waals surface area contributed by atoms with Crippen LogP contribution in [0, 0.1) is 5.82 Å².